The smallest absolute Gasteiger partial charge is 0.239 e. The van der Waals surface area contributed by atoms with Crippen molar-refractivity contribution in [2.75, 3.05) is 5.75 Å². The SMILES string of the molecule is CC1(C)C2CC[C@@]13CS(=O)(=O)N1O[C@]13C2. The molecule has 4 fully saturated rings. The summed E-state index contributed by atoms with van der Waals surface area (Å²) < 4.78 is 25.1. The van der Waals surface area contributed by atoms with E-state index < -0.39 is 15.7 Å². The van der Waals surface area contributed by atoms with Crippen LogP contribution in [0.1, 0.15) is 33.1 Å². The molecule has 2 unspecified atom stereocenters. The lowest BCUT2D eigenvalue weighted by Gasteiger charge is -2.36. The molecular weight excluding hydrogens is 214 g/mol. The van der Waals surface area contributed by atoms with Crippen LogP contribution in [0.25, 0.3) is 0 Å². The lowest BCUT2D eigenvalue weighted by molar-refractivity contribution is 0.0724. The zero-order valence-corrected chi connectivity index (χ0v) is 9.80. The Morgan fingerprint density at radius 1 is 1.40 bits per heavy atom. The van der Waals surface area contributed by atoms with Gasteiger partial charge in [-0.25, -0.2) is 8.42 Å². The molecular formula is C10H15NO3S. The molecule has 4 atom stereocenters. The zero-order chi connectivity index (χ0) is 10.7. The van der Waals surface area contributed by atoms with Gasteiger partial charge in [0.1, 0.15) is 0 Å². The van der Waals surface area contributed by atoms with Crippen LogP contribution in [0.5, 0.6) is 0 Å². The van der Waals surface area contributed by atoms with E-state index in [9.17, 15) is 8.42 Å². The molecule has 15 heavy (non-hydrogen) atoms. The predicted octanol–water partition coefficient (Wildman–Crippen LogP) is 1.10. The van der Waals surface area contributed by atoms with E-state index >= 15 is 0 Å². The van der Waals surface area contributed by atoms with Crippen molar-refractivity contribution in [1.29, 1.82) is 0 Å². The van der Waals surface area contributed by atoms with E-state index in [0.29, 0.717) is 11.7 Å². The molecule has 4 rings (SSSR count). The highest BCUT2D eigenvalue weighted by Crippen LogP contribution is 2.80. The Morgan fingerprint density at radius 2 is 2.13 bits per heavy atom. The lowest BCUT2D eigenvalue weighted by atomic mass is 9.68. The van der Waals surface area contributed by atoms with Crippen molar-refractivity contribution < 1.29 is 13.3 Å². The van der Waals surface area contributed by atoms with Gasteiger partial charge in [-0.3, -0.25) is 4.84 Å². The number of nitrogens with zero attached hydrogens (tertiary/aromatic N) is 1. The first-order chi connectivity index (χ1) is 6.86. The maximum atomic E-state index is 11.9. The summed E-state index contributed by atoms with van der Waals surface area (Å²) in [5.74, 6) is 0.946. The summed E-state index contributed by atoms with van der Waals surface area (Å²) in [6.07, 6.45) is 3.10. The highest BCUT2D eigenvalue weighted by atomic mass is 32.2. The Morgan fingerprint density at radius 3 is 2.67 bits per heavy atom. The van der Waals surface area contributed by atoms with Crippen LogP contribution in [0, 0.1) is 16.7 Å². The third-order valence-electron chi connectivity index (χ3n) is 5.62. The summed E-state index contributed by atoms with van der Waals surface area (Å²) in [6, 6.07) is 0. The molecule has 2 saturated heterocycles. The molecule has 0 amide bonds. The molecule has 2 aliphatic heterocycles. The topological polar surface area (TPSA) is 49.7 Å². The average molecular weight is 229 g/mol. The van der Waals surface area contributed by atoms with E-state index in [1.54, 1.807) is 0 Å². The van der Waals surface area contributed by atoms with Crippen LogP contribution in [0.15, 0.2) is 0 Å². The standard InChI is InChI=1S/C10H15NO3S/c1-8(2)7-3-4-9(8)6-15(12,13)11-10(9,5-7)14-11/h7H,3-6H2,1-2H3/t7?,9-,10+,11?/m1/s1. The van der Waals surface area contributed by atoms with Crippen molar-refractivity contribution in [3.63, 3.8) is 0 Å². The molecule has 2 heterocycles. The van der Waals surface area contributed by atoms with Crippen molar-refractivity contribution in [2.45, 2.75) is 38.8 Å². The van der Waals surface area contributed by atoms with Crippen molar-refractivity contribution >= 4 is 10.0 Å². The number of hydroxylamine groups is 1. The van der Waals surface area contributed by atoms with E-state index in [-0.39, 0.29) is 10.8 Å². The fraction of sp³-hybridized carbons (Fsp3) is 1.00. The van der Waals surface area contributed by atoms with Gasteiger partial charge < -0.3 is 0 Å². The van der Waals surface area contributed by atoms with E-state index in [4.69, 9.17) is 4.84 Å². The maximum Gasteiger partial charge on any atom is 0.239 e. The molecule has 0 N–H and O–H groups in total. The zero-order valence-electron chi connectivity index (χ0n) is 8.99. The molecule has 0 aromatic carbocycles. The van der Waals surface area contributed by atoms with E-state index in [1.807, 2.05) is 0 Å². The van der Waals surface area contributed by atoms with Gasteiger partial charge in [0.15, 0.2) is 5.72 Å². The van der Waals surface area contributed by atoms with E-state index in [0.717, 1.165) is 12.8 Å². The van der Waals surface area contributed by atoms with Crippen LogP contribution in [-0.2, 0) is 14.9 Å². The van der Waals surface area contributed by atoms with Gasteiger partial charge in [-0.05, 0) is 35.1 Å². The first kappa shape index (κ1) is 8.96. The molecule has 0 aromatic heterocycles. The molecule has 2 saturated carbocycles. The number of hydrogen-bond donors (Lipinski definition) is 0. The first-order valence-electron chi connectivity index (χ1n) is 5.58. The monoisotopic (exact) mass is 229 g/mol. The quantitative estimate of drug-likeness (QED) is 0.584. The van der Waals surface area contributed by atoms with Crippen LogP contribution in [-0.4, -0.2) is 24.4 Å². The Balaban J connectivity index is 1.99. The second-order valence-corrected chi connectivity index (χ2v) is 7.89. The summed E-state index contributed by atoms with van der Waals surface area (Å²) in [4.78, 5) is 5.49. The lowest BCUT2D eigenvalue weighted by Crippen LogP contribution is -2.41. The highest BCUT2D eigenvalue weighted by molar-refractivity contribution is 7.89. The summed E-state index contributed by atoms with van der Waals surface area (Å²) in [6.45, 7) is 4.44. The number of rotatable bonds is 0. The maximum absolute atomic E-state index is 11.9. The van der Waals surface area contributed by atoms with Crippen LogP contribution < -0.4 is 0 Å². The number of fused-ring (bicyclic) bond motifs is 1. The molecule has 0 radical (unpaired) electrons. The molecule has 84 valence electrons. The van der Waals surface area contributed by atoms with E-state index in [1.165, 1.54) is 10.9 Å². The Hall–Kier alpha value is -0.130. The van der Waals surface area contributed by atoms with Gasteiger partial charge in [-0.15, -0.1) is 0 Å². The van der Waals surface area contributed by atoms with Crippen molar-refractivity contribution in [2.24, 2.45) is 16.7 Å². The number of sulfonamides is 1. The molecule has 2 bridgehead atoms. The minimum absolute atomic E-state index is 0.116. The molecule has 5 heteroatoms. The molecule has 2 spiro atoms. The molecule has 4 aliphatic rings. The molecule has 0 aromatic rings. The molecule has 2 aliphatic carbocycles. The second kappa shape index (κ2) is 1.89. The Bertz CT molecular complexity index is 471. The average Bonchev–Trinajstić information content (AvgIpc) is 2.70. The van der Waals surface area contributed by atoms with Crippen molar-refractivity contribution in [3.05, 3.63) is 0 Å². The van der Waals surface area contributed by atoms with Gasteiger partial charge in [-0.2, -0.15) is 0 Å². The van der Waals surface area contributed by atoms with Gasteiger partial charge in [0.25, 0.3) is 0 Å². The Labute approximate surface area is 89.6 Å². The molecule has 4 nitrogen and oxygen atoms in total. The minimum atomic E-state index is -3.12. The van der Waals surface area contributed by atoms with Gasteiger partial charge in [0.05, 0.1) is 5.75 Å². The van der Waals surface area contributed by atoms with Crippen molar-refractivity contribution in [1.82, 2.24) is 4.47 Å². The summed E-state index contributed by atoms with van der Waals surface area (Å²) >= 11 is 0. The third kappa shape index (κ3) is 0.626. The fourth-order valence-corrected chi connectivity index (χ4v) is 7.01. The first-order valence-corrected chi connectivity index (χ1v) is 7.19. The Kier molecular flexibility index (Phi) is 1.13. The number of hydrogen-bond acceptors (Lipinski definition) is 3. The van der Waals surface area contributed by atoms with Crippen molar-refractivity contribution in [3.8, 4) is 0 Å². The van der Waals surface area contributed by atoms with Gasteiger partial charge in [-0.1, -0.05) is 13.8 Å². The fourth-order valence-electron chi connectivity index (χ4n) is 4.59. The normalized spacial score (nSPS) is 61.5. The van der Waals surface area contributed by atoms with Crippen LogP contribution in [0.4, 0.5) is 0 Å². The highest BCUT2D eigenvalue weighted by Gasteiger charge is 2.88. The van der Waals surface area contributed by atoms with Crippen LogP contribution in [0.2, 0.25) is 0 Å². The van der Waals surface area contributed by atoms with E-state index in [2.05, 4.69) is 13.8 Å². The second-order valence-electron chi connectivity index (χ2n) is 6.10. The summed E-state index contributed by atoms with van der Waals surface area (Å²) in [5.41, 5.74) is -0.424. The predicted molar refractivity (Wildman–Crippen MR) is 53.0 cm³/mol. The van der Waals surface area contributed by atoms with Gasteiger partial charge >= 0.3 is 0 Å². The minimum Gasteiger partial charge on any atom is -0.255 e. The van der Waals surface area contributed by atoms with Crippen LogP contribution >= 0.6 is 0 Å². The van der Waals surface area contributed by atoms with Gasteiger partial charge in [0.2, 0.25) is 10.0 Å². The van der Waals surface area contributed by atoms with Gasteiger partial charge in [0, 0.05) is 5.41 Å². The van der Waals surface area contributed by atoms with Crippen LogP contribution in [0.3, 0.4) is 0 Å². The third-order valence-corrected chi connectivity index (χ3v) is 7.35. The largest absolute Gasteiger partial charge is 0.255 e. The summed E-state index contributed by atoms with van der Waals surface area (Å²) in [7, 11) is -3.12. The summed E-state index contributed by atoms with van der Waals surface area (Å²) in [5, 5.41) is 0.